The van der Waals surface area contributed by atoms with Gasteiger partial charge in [-0.3, -0.25) is 14.5 Å². The highest BCUT2D eigenvalue weighted by Gasteiger charge is 2.64. The van der Waals surface area contributed by atoms with Gasteiger partial charge in [0.25, 0.3) is 5.91 Å². The lowest BCUT2D eigenvalue weighted by molar-refractivity contribution is -0.157. The Balaban J connectivity index is 1.82. The van der Waals surface area contributed by atoms with Crippen LogP contribution < -0.4 is 4.90 Å². The molecule has 0 N–H and O–H groups in total. The Bertz CT molecular complexity index is 743. The number of carbonyl (C=O) groups excluding carboxylic acids is 3. The second-order valence-electron chi connectivity index (χ2n) is 6.96. The number of benzene rings is 1. The topological polar surface area (TPSA) is 66.9 Å². The summed E-state index contributed by atoms with van der Waals surface area (Å²) in [5, 5.41) is 0. The Kier molecular flexibility index (Phi) is 3.78. The molecular weight excluding hydrogens is 320 g/mol. The van der Waals surface area contributed by atoms with Crippen molar-refractivity contribution >= 4 is 23.5 Å². The van der Waals surface area contributed by atoms with Crippen molar-refractivity contribution in [2.24, 2.45) is 0 Å². The molecule has 6 nitrogen and oxygen atoms in total. The Morgan fingerprint density at radius 3 is 2.76 bits per heavy atom. The third-order valence-corrected chi connectivity index (χ3v) is 5.27. The molecule has 0 bridgehead atoms. The number of hydrogen-bond acceptors (Lipinski definition) is 4. The van der Waals surface area contributed by atoms with E-state index >= 15 is 0 Å². The van der Waals surface area contributed by atoms with Gasteiger partial charge in [-0.15, -0.1) is 0 Å². The van der Waals surface area contributed by atoms with Gasteiger partial charge in [-0.2, -0.15) is 0 Å². The summed E-state index contributed by atoms with van der Waals surface area (Å²) in [6, 6.07) is 7.06. The number of fused-ring (bicyclic) bond motifs is 3. The third-order valence-electron chi connectivity index (χ3n) is 5.27. The lowest BCUT2D eigenvalue weighted by atomic mass is 9.96. The Morgan fingerprint density at radius 2 is 2.04 bits per heavy atom. The van der Waals surface area contributed by atoms with Crippen LogP contribution >= 0.6 is 0 Å². The highest BCUT2D eigenvalue weighted by atomic mass is 16.5. The smallest absolute Gasteiger partial charge is 0.353 e. The van der Waals surface area contributed by atoms with Crippen molar-refractivity contribution in [3.63, 3.8) is 0 Å². The molecule has 0 aromatic heterocycles. The van der Waals surface area contributed by atoms with E-state index in [0.29, 0.717) is 24.3 Å². The average molecular weight is 342 g/mol. The third kappa shape index (κ3) is 2.27. The van der Waals surface area contributed by atoms with Gasteiger partial charge in [-0.05, 0) is 31.4 Å². The average Bonchev–Trinajstić information content (AvgIpc) is 3.38. The molecule has 1 unspecified atom stereocenters. The van der Waals surface area contributed by atoms with Crippen LogP contribution in [0.1, 0.15) is 55.8 Å². The van der Waals surface area contributed by atoms with Crippen molar-refractivity contribution in [1.29, 1.82) is 0 Å². The Labute approximate surface area is 146 Å². The molecule has 2 aliphatic heterocycles. The summed E-state index contributed by atoms with van der Waals surface area (Å²) >= 11 is 0. The van der Waals surface area contributed by atoms with E-state index in [4.69, 9.17) is 4.74 Å². The van der Waals surface area contributed by atoms with Crippen molar-refractivity contribution < 1.29 is 19.1 Å². The van der Waals surface area contributed by atoms with Gasteiger partial charge in [0.1, 0.15) is 0 Å². The van der Waals surface area contributed by atoms with Crippen LogP contribution in [0.4, 0.5) is 5.69 Å². The van der Waals surface area contributed by atoms with E-state index in [1.807, 2.05) is 6.92 Å². The highest BCUT2D eigenvalue weighted by Crippen LogP contribution is 2.49. The molecule has 2 amide bonds. The van der Waals surface area contributed by atoms with Gasteiger partial charge in [-0.1, -0.05) is 25.5 Å². The molecule has 1 saturated heterocycles. The Morgan fingerprint density at radius 1 is 1.28 bits per heavy atom. The van der Waals surface area contributed by atoms with E-state index < -0.39 is 11.6 Å². The lowest BCUT2D eigenvalue weighted by Gasteiger charge is -2.48. The monoisotopic (exact) mass is 342 g/mol. The largest absolute Gasteiger partial charge is 0.463 e. The predicted molar refractivity (Wildman–Crippen MR) is 91.0 cm³/mol. The molecule has 1 aliphatic carbocycles. The lowest BCUT2D eigenvalue weighted by Crippen LogP contribution is -2.69. The van der Waals surface area contributed by atoms with E-state index in [1.165, 1.54) is 4.90 Å². The number of para-hydroxylation sites is 1. The van der Waals surface area contributed by atoms with Gasteiger partial charge >= 0.3 is 5.97 Å². The van der Waals surface area contributed by atoms with Crippen LogP contribution in [0, 0.1) is 0 Å². The summed E-state index contributed by atoms with van der Waals surface area (Å²) in [5.41, 5.74) is -0.293. The summed E-state index contributed by atoms with van der Waals surface area (Å²) in [5.74, 6) is -0.768. The van der Waals surface area contributed by atoms with Crippen LogP contribution in [0.25, 0.3) is 0 Å². The van der Waals surface area contributed by atoms with Crippen molar-refractivity contribution in [2.45, 2.75) is 57.2 Å². The number of rotatable bonds is 5. The molecule has 2 heterocycles. The molecule has 3 aliphatic rings. The van der Waals surface area contributed by atoms with E-state index in [9.17, 15) is 14.4 Å². The number of hydrogen-bond donors (Lipinski definition) is 0. The summed E-state index contributed by atoms with van der Waals surface area (Å²) in [6.45, 7) is 2.34. The number of amides is 2. The number of unbranched alkanes of at least 4 members (excludes halogenated alkanes) is 1. The maximum absolute atomic E-state index is 13.2. The summed E-state index contributed by atoms with van der Waals surface area (Å²) < 4.78 is 5.52. The van der Waals surface area contributed by atoms with Crippen molar-refractivity contribution in [1.82, 2.24) is 4.90 Å². The number of anilines is 1. The fourth-order valence-corrected chi connectivity index (χ4v) is 3.94. The second-order valence-corrected chi connectivity index (χ2v) is 6.96. The van der Waals surface area contributed by atoms with E-state index in [2.05, 4.69) is 0 Å². The highest BCUT2D eigenvalue weighted by molar-refractivity contribution is 6.15. The van der Waals surface area contributed by atoms with Crippen LogP contribution in [-0.4, -0.2) is 41.0 Å². The normalized spacial score (nSPS) is 25.0. The maximum Gasteiger partial charge on any atom is 0.353 e. The van der Waals surface area contributed by atoms with Gasteiger partial charge in [0, 0.05) is 18.9 Å². The quantitative estimate of drug-likeness (QED) is 0.609. The molecule has 1 atom stereocenters. The minimum absolute atomic E-state index is 0.00739. The standard InChI is InChI=1S/C19H22N2O4/c1-2-3-12-25-18(24)19-11-10-16(22)21(19)15-7-5-4-6-14(15)17(23)20(19)13-8-9-13/h4-7,13H,2-3,8-12H2,1H3. The minimum Gasteiger partial charge on any atom is -0.463 e. The fraction of sp³-hybridized carbons (Fsp3) is 0.526. The second kappa shape index (κ2) is 5.86. The summed E-state index contributed by atoms with van der Waals surface area (Å²) in [4.78, 5) is 42.1. The van der Waals surface area contributed by atoms with Gasteiger partial charge in [-0.25, -0.2) is 4.79 Å². The van der Waals surface area contributed by atoms with E-state index in [1.54, 1.807) is 29.2 Å². The van der Waals surface area contributed by atoms with Crippen LogP contribution in [0.2, 0.25) is 0 Å². The zero-order valence-electron chi connectivity index (χ0n) is 14.4. The number of ether oxygens (including phenoxy) is 1. The van der Waals surface area contributed by atoms with Crippen LogP contribution in [0.3, 0.4) is 0 Å². The SMILES string of the molecule is CCCCOC(=O)C12CCC(=O)N1c1ccccc1C(=O)N2C1CC1. The predicted octanol–water partition coefficient (Wildman–Crippen LogP) is 2.47. The zero-order valence-corrected chi connectivity index (χ0v) is 14.4. The van der Waals surface area contributed by atoms with Crippen molar-refractivity contribution in [3.8, 4) is 0 Å². The molecule has 1 aromatic carbocycles. The van der Waals surface area contributed by atoms with Crippen LogP contribution in [-0.2, 0) is 14.3 Å². The molecule has 6 heteroatoms. The zero-order chi connectivity index (χ0) is 17.6. The number of carbonyl (C=O) groups is 3. The molecule has 0 radical (unpaired) electrons. The molecule has 25 heavy (non-hydrogen) atoms. The first kappa shape index (κ1) is 16.1. The van der Waals surface area contributed by atoms with E-state index in [-0.39, 0.29) is 24.3 Å². The first-order valence-corrected chi connectivity index (χ1v) is 9.04. The molecule has 1 aromatic rings. The van der Waals surface area contributed by atoms with Crippen molar-refractivity contribution in [2.75, 3.05) is 11.5 Å². The van der Waals surface area contributed by atoms with Gasteiger partial charge in [0.15, 0.2) is 0 Å². The maximum atomic E-state index is 13.2. The minimum atomic E-state index is -1.31. The molecule has 2 fully saturated rings. The van der Waals surface area contributed by atoms with Crippen LogP contribution in [0.15, 0.2) is 24.3 Å². The Hall–Kier alpha value is -2.37. The van der Waals surface area contributed by atoms with Crippen LogP contribution in [0.5, 0.6) is 0 Å². The van der Waals surface area contributed by atoms with Gasteiger partial charge < -0.3 is 9.64 Å². The molecule has 0 spiro atoms. The molecular formula is C19H22N2O4. The number of nitrogens with zero attached hydrogens (tertiary/aromatic N) is 2. The first-order chi connectivity index (χ1) is 12.1. The number of esters is 1. The van der Waals surface area contributed by atoms with Crippen molar-refractivity contribution in [3.05, 3.63) is 29.8 Å². The first-order valence-electron chi connectivity index (χ1n) is 9.04. The summed E-state index contributed by atoms with van der Waals surface area (Å²) in [7, 11) is 0. The van der Waals surface area contributed by atoms with Gasteiger partial charge in [0.2, 0.25) is 11.6 Å². The molecule has 4 rings (SSSR count). The fourth-order valence-electron chi connectivity index (χ4n) is 3.94. The van der Waals surface area contributed by atoms with Gasteiger partial charge in [0.05, 0.1) is 17.9 Å². The van der Waals surface area contributed by atoms with E-state index in [0.717, 1.165) is 25.7 Å². The molecule has 1 saturated carbocycles. The summed E-state index contributed by atoms with van der Waals surface area (Å²) in [6.07, 6.45) is 3.95. The molecule has 132 valence electrons.